The molecule has 1 N–H and O–H groups in total. The summed E-state index contributed by atoms with van der Waals surface area (Å²) in [6, 6.07) is 16.3. The van der Waals surface area contributed by atoms with E-state index in [0.29, 0.717) is 44.8 Å². The molecule has 3 aromatic carbocycles. The number of hydrogen-bond acceptors (Lipinski definition) is 5. The van der Waals surface area contributed by atoms with Crippen molar-refractivity contribution in [3.05, 3.63) is 88.9 Å². The third-order valence-corrected chi connectivity index (χ3v) is 6.16. The number of carbonyl (C=O) groups is 2. The van der Waals surface area contributed by atoms with Gasteiger partial charge in [-0.1, -0.05) is 18.2 Å². The minimum absolute atomic E-state index is 0.0701. The number of nitrogens with one attached hydrogen (secondary N) is 1. The van der Waals surface area contributed by atoms with Gasteiger partial charge in [0, 0.05) is 22.7 Å². The van der Waals surface area contributed by atoms with E-state index in [-0.39, 0.29) is 23.8 Å². The summed E-state index contributed by atoms with van der Waals surface area (Å²) >= 11 is 0. The van der Waals surface area contributed by atoms with E-state index < -0.39 is 11.5 Å². The normalized spacial score (nSPS) is 17.2. The number of carbonyl (C=O) groups excluding carboxylic acids is 2. The molecule has 1 aliphatic heterocycles. The first-order valence-corrected chi connectivity index (χ1v) is 10.8. The van der Waals surface area contributed by atoms with Crippen molar-refractivity contribution >= 4 is 28.3 Å². The molecule has 7 heteroatoms. The average molecular weight is 459 g/mol. The zero-order valence-electron chi connectivity index (χ0n) is 18.9. The molecule has 1 aromatic heterocycles. The van der Waals surface area contributed by atoms with Crippen LogP contribution in [-0.2, 0) is 5.60 Å². The highest BCUT2D eigenvalue weighted by Crippen LogP contribution is 2.44. The van der Waals surface area contributed by atoms with Crippen molar-refractivity contribution in [2.45, 2.75) is 25.9 Å². The number of ketones is 1. The lowest BCUT2D eigenvalue weighted by Crippen LogP contribution is -2.36. The summed E-state index contributed by atoms with van der Waals surface area (Å²) in [5.41, 5.74) is 1.69. The maximum atomic E-state index is 13.4. The van der Waals surface area contributed by atoms with Crippen LogP contribution in [0.2, 0.25) is 0 Å². The molecule has 4 aromatic rings. The van der Waals surface area contributed by atoms with E-state index >= 15 is 0 Å². The van der Waals surface area contributed by atoms with Gasteiger partial charge in [-0.15, -0.1) is 0 Å². The number of amides is 1. The topological polar surface area (TPSA) is 77.8 Å². The van der Waals surface area contributed by atoms with Crippen LogP contribution >= 0.6 is 0 Å². The summed E-state index contributed by atoms with van der Waals surface area (Å²) in [7, 11) is 1.55. The maximum absolute atomic E-state index is 13.4. The summed E-state index contributed by atoms with van der Waals surface area (Å²) in [5, 5.41) is 3.36. The SMILES string of the molecule is COc1cccc(NC(=O)c2oc3ccc4c(c3c2C)C(=O)C[C@@](C)(c2ccc(F)cc2)O4)c1. The molecule has 1 amide bonds. The standard InChI is InChI=1S/C27H22FNO5/c1-15-23-21(33-25(15)26(31)29-18-5-4-6-19(13-18)32-3)11-12-22-24(23)20(30)14-27(2,34-22)16-7-9-17(28)10-8-16/h4-13H,14H2,1-3H3,(H,29,31)/t27-/m0/s1. The van der Waals surface area contributed by atoms with Crippen LogP contribution in [-0.4, -0.2) is 18.8 Å². The number of benzene rings is 3. The van der Waals surface area contributed by atoms with Crippen LogP contribution in [0.15, 0.2) is 65.1 Å². The first-order chi connectivity index (χ1) is 16.3. The van der Waals surface area contributed by atoms with Crippen LogP contribution in [0.4, 0.5) is 10.1 Å². The highest BCUT2D eigenvalue weighted by atomic mass is 19.1. The van der Waals surface area contributed by atoms with E-state index in [1.54, 1.807) is 69.5 Å². The lowest BCUT2D eigenvalue weighted by Gasteiger charge is -2.35. The van der Waals surface area contributed by atoms with E-state index in [9.17, 15) is 14.0 Å². The maximum Gasteiger partial charge on any atom is 0.291 e. The van der Waals surface area contributed by atoms with E-state index in [4.69, 9.17) is 13.9 Å². The molecule has 0 bridgehead atoms. The monoisotopic (exact) mass is 459 g/mol. The van der Waals surface area contributed by atoms with Gasteiger partial charge in [0.15, 0.2) is 11.5 Å². The van der Waals surface area contributed by atoms with Gasteiger partial charge in [-0.2, -0.15) is 0 Å². The van der Waals surface area contributed by atoms with Gasteiger partial charge in [0.2, 0.25) is 0 Å². The highest BCUT2D eigenvalue weighted by Gasteiger charge is 2.40. The Labute approximate surface area is 195 Å². The van der Waals surface area contributed by atoms with Crippen LogP contribution in [0, 0.1) is 12.7 Å². The van der Waals surface area contributed by atoms with E-state index in [1.807, 2.05) is 0 Å². The molecule has 1 aliphatic rings. The van der Waals surface area contributed by atoms with Crippen LogP contribution in [0.5, 0.6) is 11.5 Å². The minimum atomic E-state index is -0.935. The van der Waals surface area contributed by atoms with Gasteiger partial charge in [-0.25, -0.2) is 4.39 Å². The molecular formula is C27H22FNO5. The number of methoxy groups -OCH3 is 1. The van der Waals surface area contributed by atoms with Gasteiger partial charge in [0.05, 0.1) is 19.1 Å². The highest BCUT2D eigenvalue weighted by molar-refractivity contribution is 6.14. The number of hydrogen-bond donors (Lipinski definition) is 1. The Morgan fingerprint density at radius 2 is 1.88 bits per heavy atom. The summed E-state index contributed by atoms with van der Waals surface area (Å²) in [6.45, 7) is 3.55. The lowest BCUT2D eigenvalue weighted by atomic mass is 9.84. The summed E-state index contributed by atoms with van der Waals surface area (Å²) in [5.74, 6) is 0.203. The molecule has 0 fully saturated rings. The smallest absolute Gasteiger partial charge is 0.291 e. The van der Waals surface area contributed by atoms with Crippen LogP contribution < -0.4 is 14.8 Å². The van der Waals surface area contributed by atoms with E-state index in [2.05, 4.69) is 5.32 Å². The molecule has 0 spiro atoms. The van der Waals surface area contributed by atoms with Crippen molar-refractivity contribution in [1.29, 1.82) is 0 Å². The summed E-state index contributed by atoms with van der Waals surface area (Å²) in [4.78, 5) is 26.3. The second-order valence-corrected chi connectivity index (χ2v) is 8.49. The Hall–Kier alpha value is -4.13. The summed E-state index contributed by atoms with van der Waals surface area (Å²) < 4.78 is 30.7. The fraction of sp³-hybridized carbons (Fsp3) is 0.185. The zero-order chi connectivity index (χ0) is 24.0. The average Bonchev–Trinajstić information content (AvgIpc) is 3.16. The van der Waals surface area contributed by atoms with Gasteiger partial charge >= 0.3 is 0 Å². The number of rotatable bonds is 4. The molecule has 2 heterocycles. The Morgan fingerprint density at radius 1 is 1.12 bits per heavy atom. The number of halogens is 1. The molecule has 1 atom stereocenters. The minimum Gasteiger partial charge on any atom is -0.497 e. The molecule has 0 radical (unpaired) electrons. The number of furan rings is 1. The van der Waals surface area contributed by atoms with Crippen LogP contribution in [0.3, 0.4) is 0 Å². The number of fused-ring (bicyclic) bond motifs is 3. The largest absolute Gasteiger partial charge is 0.497 e. The van der Waals surface area contributed by atoms with E-state index in [1.165, 1.54) is 12.1 Å². The molecule has 0 saturated heterocycles. The third-order valence-electron chi connectivity index (χ3n) is 6.16. The predicted molar refractivity (Wildman–Crippen MR) is 125 cm³/mol. The number of aryl methyl sites for hydroxylation is 1. The second kappa shape index (κ2) is 8.02. The quantitative estimate of drug-likeness (QED) is 0.404. The van der Waals surface area contributed by atoms with Gasteiger partial charge < -0.3 is 19.2 Å². The fourth-order valence-corrected chi connectivity index (χ4v) is 4.43. The van der Waals surface area contributed by atoms with E-state index in [0.717, 1.165) is 0 Å². The lowest BCUT2D eigenvalue weighted by molar-refractivity contribution is 0.0507. The molecule has 34 heavy (non-hydrogen) atoms. The number of anilines is 1. The summed E-state index contributed by atoms with van der Waals surface area (Å²) in [6.07, 6.45) is 0.0701. The Morgan fingerprint density at radius 3 is 2.62 bits per heavy atom. The first kappa shape index (κ1) is 21.7. The van der Waals surface area contributed by atoms with Crippen molar-refractivity contribution in [3.8, 4) is 11.5 Å². The third kappa shape index (κ3) is 3.59. The van der Waals surface area contributed by atoms with Crippen LogP contribution in [0.1, 0.15) is 45.4 Å². The van der Waals surface area contributed by atoms with Gasteiger partial charge in [-0.05, 0) is 55.8 Å². The second-order valence-electron chi connectivity index (χ2n) is 8.49. The molecule has 0 unspecified atom stereocenters. The molecule has 0 saturated carbocycles. The van der Waals surface area contributed by atoms with Crippen molar-refractivity contribution in [2.75, 3.05) is 12.4 Å². The Kier molecular flexibility index (Phi) is 5.12. The molecular weight excluding hydrogens is 437 g/mol. The molecule has 172 valence electrons. The Balaban J connectivity index is 1.52. The number of ether oxygens (including phenoxy) is 2. The van der Waals surface area contributed by atoms with Crippen molar-refractivity contribution in [3.63, 3.8) is 0 Å². The number of Topliss-reactive ketones (excluding diaryl/α,β-unsaturated/α-hetero) is 1. The fourth-order valence-electron chi connectivity index (χ4n) is 4.43. The van der Waals surface area contributed by atoms with Crippen molar-refractivity contribution in [2.24, 2.45) is 0 Å². The van der Waals surface area contributed by atoms with Gasteiger partial charge in [-0.3, -0.25) is 9.59 Å². The molecule has 5 rings (SSSR count). The van der Waals surface area contributed by atoms with Crippen LogP contribution in [0.25, 0.3) is 11.0 Å². The van der Waals surface area contributed by atoms with Crippen molar-refractivity contribution < 1.29 is 27.9 Å². The molecule has 0 aliphatic carbocycles. The first-order valence-electron chi connectivity index (χ1n) is 10.8. The Bertz CT molecular complexity index is 1440. The predicted octanol–water partition coefficient (Wildman–Crippen LogP) is 6.02. The van der Waals surface area contributed by atoms with Gasteiger partial charge in [0.25, 0.3) is 5.91 Å². The molecule has 6 nitrogen and oxygen atoms in total. The van der Waals surface area contributed by atoms with Gasteiger partial charge in [0.1, 0.15) is 28.5 Å². The van der Waals surface area contributed by atoms with Crippen molar-refractivity contribution in [1.82, 2.24) is 0 Å². The zero-order valence-corrected chi connectivity index (χ0v) is 18.9.